The highest BCUT2D eigenvalue weighted by Gasteiger charge is 1.85. The SMILES string of the molecule is C=CN=C(C)NC(C)=N. The van der Waals surface area contributed by atoms with Crippen LogP contribution in [0.2, 0.25) is 0 Å². The Morgan fingerprint density at radius 1 is 1.67 bits per heavy atom. The highest BCUT2D eigenvalue weighted by Crippen LogP contribution is 1.72. The van der Waals surface area contributed by atoms with E-state index in [1.807, 2.05) is 0 Å². The van der Waals surface area contributed by atoms with Gasteiger partial charge in [-0.2, -0.15) is 0 Å². The molecule has 0 fully saturated rings. The highest BCUT2D eigenvalue weighted by molar-refractivity contribution is 5.97. The first-order valence-electron chi connectivity index (χ1n) is 2.64. The maximum Gasteiger partial charge on any atom is 0.104 e. The molecular formula is C6H11N3. The molecule has 9 heavy (non-hydrogen) atoms. The van der Waals surface area contributed by atoms with E-state index in [-0.39, 0.29) is 0 Å². The summed E-state index contributed by atoms with van der Waals surface area (Å²) in [5, 5.41) is 9.68. The molecule has 0 aliphatic heterocycles. The smallest absolute Gasteiger partial charge is 0.104 e. The van der Waals surface area contributed by atoms with Crippen molar-refractivity contribution in [2.75, 3.05) is 0 Å². The molecule has 0 rings (SSSR count). The van der Waals surface area contributed by atoms with Gasteiger partial charge in [-0.1, -0.05) is 6.58 Å². The summed E-state index contributed by atoms with van der Waals surface area (Å²) in [7, 11) is 0. The molecule has 0 saturated heterocycles. The van der Waals surface area contributed by atoms with Crippen LogP contribution in [0.25, 0.3) is 0 Å². The van der Waals surface area contributed by atoms with Crippen molar-refractivity contribution in [3.8, 4) is 0 Å². The number of amidine groups is 2. The summed E-state index contributed by atoms with van der Waals surface area (Å²) in [5.41, 5.74) is 0. The number of hydrogen-bond donors (Lipinski definition) is 2. The maximum absolute atomic E-state index is 6.98. The van der Waals surface area contributed by atoms with Crippen LogP contribution in [0.3, 0.4) is 0 Å². The summed E-state index contributed by atoms with van der Waals surface area (Å²) in [6, 6.07) is 0. The Morgan fingerprint density at radius 2 is 2.22 bits per heavy atom. The van der Waals surface area contributed by atoms with Gasteiger partial charge < -0.3 is 5.32 Å². The van der Waals surface area contributed by atoms with Crippen LogP contribution >= 0.6 is 0 Å². The summed E-state index contributed by atoms with van der Waals surface area (Å²) in [4.78, 5) is 3.79. The fraction of sp³-hybridized carbons (Fsp3) is 0.333. The molecule has 0 radical (unpaired) electrons. The van der Waals surface area contributed by atoms with E-state index >= 15 is 0 Å². The van der Waals surface area contributed by atoms with Crippen LogP contribution in [-0.4, -0.2) is 11.7 Å². The number of rotatable bonds is 1. The van der Waals surface area contributed by atoms with Gasteiger partial charge in [0.05, 0.1) is 5.84 Å². The van der Waals surface area contributed by atoms with Gasteiger partial charge in [0.15, 0.2) is 0 Å². The van der Waals surface area contributed by atoms with E-state index in [0.29, 0.717) is 11.7 Å². The second-order valence-corrected chi connectivity index (χ2v) is 1.65. The Hall–Kier alpha value is -1.12. The zero-order valence-corrected chi connectivity index (χ0v) is 5.73. The summed E-state index contributed by atoms with van der Waals surface area (Å²) < 4.78 is 0. The van der Waals surface area contributed by atoms with Gasteiger partial charge in [0, 0.05) is 6.20 Å². The molecule has 3 nitrogen and oxygen atoms in total. The van der Waals surface area contributed by atoms with Crippen molar-refractivity contribution in [2.24, 2.45) is 4.99 Å². The first-order chi connectivity index (χ1) is 4.16. The van der Waals surface area contributed by atoms with Crippen LogP contribution in [-0.2, 0) is 0 Å². The van der Waals surface area contributed by atoms with E-state index in [1.165, 1.54) is 6.20 Å². The van der Waals surface area contributed by atoms with Crippen LogP contribution in [0.5, 0.6) is 0 Å². The van der Waals surface area contributed by atoms with Gasteiger partial charge in [0.2, 0.25) is 0 Å². The van der Waals surface area contributed by atoms with E-state index in [0.717, 1.165) is 0 Å². The minimum absolute atomic E-state index is 0.387. The summed E-state index contributed by atoms with van der Waals surface area (Å²) in [6.07, 6.45) is 1.44. The Balaban J connectivity index is 3.75. The minimum atomic E-state index is 0.387. The number of hydrogen-bond acceptors (Lipinski definition) is 2. The third-order valence-corrected chi connectivity index (χ3v) is 0.653. The Morgan fingerprint density at radius 3 is 2.56 bits per heavy atom. The monoisotopic (exact) mass is 125 g/mol. The van der Waals surface area contributed by atoms with Crippen molar-refractivity contribution < 1.29 is 0 Å². The zero-order valence-electron chi connectivity index (χ0n) is 5.73. The molecule has 2 N–H and O–H groups in total. The molecule has 0 aliphatic rings. The minimum Gasteiger partial charge on any atom is -0.333 e. The van der Waals surface area contributed by atoms with Crippen LogP contribution in [0.15, 0.2) is 17.8 Å². The van der Waals surface area contributed by atoms with Gasteiger partial charge >= 0.3 is 0 Å². The molecule has 0 heterocycles. The van der Waals surface area contributed by atoms with Gasteiger partial charge in [-0.3, -0.25) is 5.41 Å². The van der Waals surface area contributed by atoms with Crippen molar-refractivity contribution in [1.29, 1.82) is 5.41 Å². The molecule has 0 aromatic rings. The van der Waals surface area contributed by atoms with Crippen LogP contribution in [0.4, 0.5) is 0 Å². The largest absolute Gasteiger partial charge is 0.333 e. The maximum atomic E-state index is 6.98. The standard InChI is InChI=1S/C6H11N3/c1-4-8-6(3)9-5(2)7/h4H,1H2,2-3H3,(H2,7,8,9). The average molecular weight is 125 g/mol. The third kappa shape index (κ3) is 4.74. The van der Waals surface area contributed by atoms with E-state index in [4.69, 9.17) is 5.41 Å². The quantitative estimate of drug-likeness (QED) is 0.400. The topological polar surface area (TPSA) is 48.2 Å². The Bertz CT molecular complexity index is 146. The van der Waals surface area contributed by atoms with Gasteiger partial charge in [0.1, 0.15) is 5.84 Å². The van der Waals surface area contributed by atoms with Gasteiger partial charge in [-0.25, -0.2) is 4.99 Å². The molecule has 0 spiro atoms. The van der Waals surface area contributed by atoms with Gasteiger partial charge in [-0.15, -0.1) is 0 Å². The molecule has 0 bridgehead atoms. The Labute approximate surface area is 55.0 Å². The van der Waals surface area contributed by atoms with E-state index in [1.54, 1.807) is 13.8 Å². The average Bonchev–Trinajstić information content (AvgIpc) is 1.63. The second-order valence-electron chi connectivity index (χ2n) is 1.65. The lowest BCUT2D eigenvalue weighted by atomic mass is 10.6. The molecule has 3 heteroatoms. The lowest BCUT2D eigenvalue weighted by molar-refractivity contribution is 1.24. The van der Waals surface area contributed by atoms with Crippen molar-refractivity contribution in [3.05, 3.63) is 12.8 Å². The third-order valence-electron chi connectivity index (χ3n) is 0.653. The van der Waals surface area contributed by atoms with Crippen LogP contribution in [0.1, 0.15) is 13.8 Å². The van der Waals surface area contributed by atoms with E-state index in [9.17, 15) is 0 Å². The number of aliphatic imine (C=N–C) groups is 1. The van der Waals surface area contributed by atoms with E-state index in [2.05, 4.69) is 16.9 Å². The molecule has 0 atom stereocenters. The predicted molar refractivity (Wildman–Crippen MR) is 39.8 cm³/mol. The van der Waals surface area contributed by atoms with Crippen molar-refractivity contribution in [3.63, 3.8) is 0 Å². The Kier molecular flexibility index (Phi) is 3.35. The first kappa shape index (κ1) is 7.88. The van der Waals surface area contributed by atoms with E-state index < -0.39 is 0 Å². The normalized spacial score (nSPS) is 10.7. The molecule has 0 saturated carbocycles. The second kappa shape index (κ2) is 3.83. The number of nitrogens with one attached hydrogen (secondary N) is 2. The zero-order chi connectivity index (χ0) is 7.28. The summed E-state index contributed by atoms with van der Waals surface area (Å²) >= 11 is 0. The summed E-state index contributed by atoms with van der Waals surface area (Å²) in [6.45, 7) is 6.84. The van der Waals surface area contributed by atoms with Crippen molar-refractivity contribution in [1.82, 2.24) is 5.32 Å². The molecule has 0 aliphatic carbocycles. The van der Waals surface area contributed by atoms with Crippen LogP contribution < -0.4 is 5.32 Å². The molecule has 0 aromatic heterocycles. The van der Waals surface area contributed by atoms with Crippen molar-refractivity contribution >= 4 is 11.7 Å². The van der Waals surface area contributed by atoms with Gasteiger partial charge in [0.25, 0.3) is 0 Å². The van der Waals surface area contributed by atoms with Crippen LogP contribution in [0, 0.1) is 5.41 Å². The fourth-order valence-electron chi connectivity index (χ4n) is 0.441. The molecule has 50 valence electrons. The molecule has 0 aromatic carbocycles. The predicted octanol–water partition coefficient (Wildman–Crippen LogP) is 1.14. The molecular weight excluding hydrogens is 114 g/mol. The summed E-state index contributed by atoms with van der Waals surface area (Å²) in [5.74, 6) is 1.08. The first-order valence-corrected chi connectivity index (χ1v) is 2.64. The molecule has 0 unspecified atom stereocenters. The lowest BCUT2D eigenvalue weighted by Gasteiger charge is -1.98. The lowest BCUT2D eigenvalue weighted by Crippen LogP contribution is -2.24. The van der Waals surface area contributed by atoms with Crippen molar-refractivity contribution in [2.45, 2.75) is 13.8 Å². The number of nitrogens with zero attached hydrogens (tertiary/aromatic N) is 1. The fourth-order valence-corrected chi connectivity index (χ4v) is 0.441. The van der Waals surface area contributed by atoms with Gasteiger partial charge in [-0.05, 0) is 13.8 Å². The molecule has 0 amide bonds. The highest BCUT2D eigenvalue weighted by atomic mass is 15.0.